The summed E-state index contributed by atoms with van der Waals surface area (Å²) in [6.45, 7) is 0. The van der Waals surface area contributed by atoms with Crippen molar-refractivity contribution in [1.29, 1.82) is 0 Å². The highest BCUT2D eigenvalue weighted by Crippen LogP contribution is 2.48. The van der Waals surface area contributed by atoms with Crippen LogP contribution in [0.3, 0.4) is 0 Å². The first kappa shape index (κ1) is 16.5. The second-order valence-electron chi connectivity index (χ2n) is 8.15. The Morgan fingerprint density at radius 1 is 0.533 bits per heavy atom. The molecule has 0 N–H and O–H groups in total. The second-order valence-corrected chi connectivity index (χ2v) is 9.03. The fraction of sp³-hybridized carbons (Fsp3) is 0.0345. The number of hydrogen-bond acceptors (Lipinski definition) is 1. The summed E-state index contributed by atoms with van der Waals surface area (Å²) in [6.07, 6.45) is 6.63. The van der Waals surface area contributed by atoms with Crippen LogP contribution in [-0.2, 0) is 0 Å². The van der Waals surface area contributed by atoms with Crippen molar-refractivity contribution in [3.63, 3.8) is 0 Å². The van der Waals surface area contributed by atoms with Gasteiger partial charge in [-0.3, -0.25) is 0 Å². The minimum Gasteiger partial charge on any atom is -0.130 e. The first-order chi connectivity index (χ1) is 14.8. The van der Waals surface area contributed by atoms with Crippen molar-refractivity contribution in [1.82, 2.24) is 0 Å². The van der Waals surface area contributed by atoms with Crippen LogP contribution < -0.4 is 0 Å². The molecule has 0 aliphatic heterocycles. The van der Waals surface area contributed by atoms with Gasteiger partial charge in [-0.1, -0.05) is 72.8 Å². The molecule has 0 unspecified atom stereocenters. The maximum Gasteiger partial charge on any atom is 0.00695 e. The quantitative estimate of drug-likeness (QED) is 0.163. The highest BCUT2D eigenvalue weighted by Gasteiger charge is 2.20. The molecular weight excluding hydrogens is 380 g/mol. The summed E-state index contributed by atoms with van der Waals surface area (Å²) in [5.41, 5.74) is 2.52. The highest BCUT2D eigenvalue weighted by molar-refractivity contribution is 7.98. The summed E-state index contributed by atoms with van der Waals surface area (Å²) in [4.78, 5) is 1.30. The Kier molecular flexibility index (Phi) is 3.23. The third kappa shape index (κ3) is 2.08. The maximum atomic E-state index is 2.36. The van der Waals surface area contributed by atoms with Crippen LogP contribution in [0.25, 0.3) is 66.0 Å². The first-order valence-electron chi connectivity index (χ1n) is 10.3. The molecule has 0 amide bonds. The van der Waals surface area contributed by atoms with Crippen molar-refractivity contribution in [2.24, 2.45) is 0 Å². The maximum absolute atomic E-state index is 2.36. The Bertz CT molecular complexity index is 1660. The molecular formula is C29H18S. The topological polar surface area (TPSA) is 0 Å². The molecule has 0 heterocycles. The Labute approximate surface area is 178 Å². The minimum atomic E-state index is 1.23. The normalized spacial score (nSPS) is 12.8. The van der Waals surface area contributed by atoms with Gasteiger partial charge in [0.15, 0.2) is 0 Å². The molecule has 0 spiro atoms. The number of rotatable bonds is 3. The van der Waals surface area contributed by atoms with E-state index in [2.05, 4.69) is 97.3 Å². The van der Waals surface area contributed by atoms with Gasteiger partial charge in [-0.05, 0) is 89.4 Å². The summed E-state index contributed by atoms with van der Waals surface area (Å²) in [7, 11) is 0. The number of thioether (sulfide) groups is 1. The zero-order valence-electron chi connectivity index (χ0n) is 16.6. The summed E-state index contributed by atoms with van der Waals surface area (Å²) in [6, 6.07) is 29.4. The van der Waals surface area contributed by atoms with Gasteiger partial charge in [-0.15, -0.1) is 11.8 Å². The molecule has 0 nitrogen and oxygen atoms in total. The fourth-order valence-electron chi connectivity index (χ4n) is 5.24. The first-order valence-corrected chi connectivity index (χ1v) is 11.5. The largest absolute Gasteiger partial charge is 0.130 e. The third-order valence-corrected chi connectivity index (χ3v) is 7.37. The summed E-state index contributed by atoms with van der Waals surface area (Å²) in [5, 5.41) is 13.9. The van der Waals surface area contributed by atoms with Gasteiger partial charge in [0.2, 0.25) is 0 Å². The van der Waals surface area contributed by atoms with E-state index < -0.39 is 0 Å². The molecule has 0 saturated carbocycles. The van der Waals surface area contributed by atoms with E-state index in [4.69, 9.17) is 0 Å². The fourth-order valence-corrected chi connectivity index (χ4v) is 5.65. The summed E-state index contributed by atoms with van der Waals surface area (Å²) >= 11 is 1.78. The van der Waals surface area contributed by atoms with Crippen LogP contribution in [-0.4, -0.2) is 6.26 Å². The van der Waals surface area contributed by atoms with Crippen molar-refractivity contribution in [3.05, 3.63) is 90.0 Å². The zero-order valence-corrected chi connectivity index (χ0v) is 17.4. The van der Waals surface area contributed by atoms with Gasteiger partial charge in [-0.25, -0.2) is 0 Å². The highest BCUT2D eigenvalue weighted by atomic mass is 32.2. The van der Waals surface area contributed by atoms with Gasteiger partial charge in [0.1, 0.15) is 0 Å². The predicted molar refractivity (Wildman–Crippen MR) is 135 cm³/mol. The lowest BCUT2D eigenvalue weighted by Crippen LogP contribution is -1.82. The van der Waals surface area contributed by atoms with Gasteiger partial charge < -0.3 is 0 Å². The monoisotopic (exact) mass is 398 g/mol. The Balaban J connectivity index is 1.56. The zero-order chi connectivity index (χ0) is 19.8. The molecule has 7 aromatic carbocycles. The van der Waals surface area contributed by atoms with Crippen molar-refractivity contribution in [2.45, 2.75) is 4.90 Å². The molecule has 0 aliphatic rings. The van der Waals surface area contributed by atoms with Gasteiger partial charge in [0.05, 0.1) is 0 Å². The molecule has 0 radical (unpaired) electrons. The Morgan fingerprint density at radius 3 is 1.70 bits per heavy atom. The predicted octanol–water partition coefficient (Wildman–Crippen LogP) is 8.66. The number of hydrogen-bond donors (Lipinski definition) is 0. The molecule has 0 bridgehead atoms. The lowest BCUT2D eigenvalue weighted by Gasteiger charge is -2.08. The van der Waals surface area contributed by atoms with Crippen molar-refractivity contribution >= 4 is 77.8 Å². The lowest BCUT2D eigenvalue weighted by molar-refractivity contribution is 1.45. The SMILES string of the molecule is CSc1ccc(/C=C/c2cc3ccc4ccc5ccc6ccc2c2c6c5c4c32)cc1. The van der Waals surface area contributed by atoms with E-state index >= 15 is 0 Å². The van der Waals surface area contributed by atoms with Crippen LogP contribution in [0.2, 0.25) is 0 Å². The van der Waals surface area contributed by atoms with Gasteiger partial charge >= 0.3 is 0 Å². The molecule has 140 valence electrons. The second kappa shape index (κ2) is 5.87. The van der Waals surface area contributed by atoms with Crippen LogP contribution in [0.5, 0.6) is 0 Å². The number of benzene rings is 6. The molecule has 0 saturated heterocycles. The van der Waals surface area contributed by atoms with Crippen LogP contribution >= 0.6 is 11.8 Å². The van der Waals surface area contributed by atoms with Crippen molar-refractivity contribution in [3.8, 4) is 0 Å². The minimum absolute atomic E-state index is 1.23. The van der Waals surface area contributed by atoms with E-state index in [-0.39, 0.29) is 0 Å². The van der Waals surface area contributed by atoms with Crippen LogP contribution in [0.15, 0.2) is 83.8 Å². The standard InChI is InChI=1S/C29H18S/c1-30-23-13-3-17(4-14-23)2-5-21-16-22-11-10-19-7-6-18-8-9-20-12-15-24(21)29-27(20)25(18)26(19)28(22)29/h2-16H,1H3/b5-2+. The van der Waals surface area contributed by atoms with E-state index in [1.165, 1.54) is 69.9 Å². The van der Waals surface area contributed by atoms with E-state index in [0.717, 1.165) is 0 Å². The molecule has 0 aromatic heterocycles. The molecule has 0 aliphatic carbocycles. The molecule has 7 aromatic rings. The van der Waals surface area contributed by atoms with Crippen molar-refractivity contribution < 1.29 is 0 Å². The Hall–Kier alpha value is -3.29. The van der Waals surface area contributed by atoms with Crippen LogP contribution in [0, 0.1) is 0 Å². The van der Waals surface area contributed by atoms with Gasteiger partial charge in [0.25, 0.3) is 0 Å². The molecule has 0 fully saturated rings. The molecule has 1 heteroatoms. The third-order valence-electron chi connectivity index (χ3n) is 6.62. The molecule has 0 atom stereocenters. The smallest absolute Gasteiger partial charge is 0.00695 e. The van der Waals surface area contributed by atoms with Gasteiger partial charge in [0, 0.05) is 4.90 Å². The average molecular weight is 399 g/mol. The molecule has 30 heavy (non-hydrogen) atoms. The van der Waals surface area contributed by atoms with E-state index in [1.54, 1.807) is 11.8 Å². The van der Waals surface area contributed by atoms with Crippen LogP contribution in [0.1, 0.15) is 11.1 Å². The average Bonchev–Trinajstić information content (AvgIpc) is 3.17. The summed E-state index contributed by atoms with van der Waals surface area (Å²) < 4.78 is 0. The molecule has 7 rings (SSSR count). The Morgan fingerprint density at radius 2 is 1.07 bits per heavy atom. The van der Waals surface area contributed by atoms with Crippen molar-refractivity contribution in [2.75, 3.05) is 6.26 Å². The van der Waals surface area contributed by atoms with E-state index in [0.29, 0.717) is 0 Å². The van der Waals surface area contributed by atoms with Gasteiger partial charge in [-0.2, -0.15) is 0 Å². The summed E-state index contributed by atoms with van der Waals surface area (Å²) in [5.74, 6) is 0. The van der Waals surface area contributed by atoms with Crippen LogP contribution in [0.4, 0.5) is 0 Å². The van der Waals surface area contributed by atoms with E-state index in [9.17, 15) is 0 Å². The van der Waals surface area contributed by atoms with E-state index in [1.807, 2.05) is 0 Å². The lowest BCUT2D eigenvalue weighted by atomic mass is 9.95.